The van der Waals surface area contributed by atoms with Crippen LogP contribution in [0, 0.1) is 0 Å². The van der Waals surface area contributed by atoms with Crippen LogP contribution in [0.4, 0.5) is 5.82 Å². The summed E-state index contributed by atoms with van der Waals surface area (Å²) in [5.41, 5.74) is 2.23. The molecule has 146 valence electrons. The smallest absolute Gasteiger partial charge is 0.336 e. The molecule has 0 aromatic carbocycles. The van der Waals surface area contributed by atoms with Crippen LogP contribution in [-0.2, 0) is 16.0 Å². The van der Waals surface area contributed by atoms with Crippen LogP contribution in [0.5, 0.6) is 0 Å². The Hall–Kier alpha value is -1.97. The molecule has 4 heterocycles. The number of ketones is 1. The fraction of sp³-hybridized carbons (Fsp3) is 0.333. The zero-order valence-corrected chi connectivity index (χ0v) is 17.4. The van der Waals surface area contributed by atoms with Crippen LogP contribution in [0.3, 0.4) is 0 Å². The Bertz CT molecular complexity index is 1050. The SMILES string of the molecule is C=C1C(C(=O)O)=CSC1Sc1nc(N2CCC(=O)C2)c2c(Cl)c(CC)[nH]c2n1. The summed E-state index contributed by atoms with van der Waals surface area (Å²) in [6, 6.07) is 0. The number of carbonyl (C=O) groups excluding carboxylic acids is 1. The molecule has 0 spiro atoms. The first-order chi connectivity index (χ1) is 13.4. The van der Waals surface area contributed by atoms with Gasteiger partial charge < -0.3 is 15.0 Å². The number of Topliss-reactive ketones (excluding diaryl/α,β-unsaturated/α-hetero) is 1. The van der Waals surface area contributed by atoms with Crippen molar-refractivity contribution in [3.8, 4) is 0 Å². The van der Waals surface area contributed by atoms with E-state index in [0.29, 0.717) is 46.7 Å². The largest absolute Gasteiger partial charge is 0.478 e. The topological polar surface area (TPSA) is 99.2 Å². The van der Waals surface area contributed by atoms with Crippen molar-refractivity contribution >= 4 is 63.7 Å². The van der Waals surface area contributed by atoms with Crippen molar-refractivity contribution in [2.45, 2.75) is 29.5 Å². The van der Waals surface area contributed by atoms with Gasteiger partial charge in [-0.3, -0.25) is 4.79 Å². The van der Waals surface area contributed by atoms with Crippen molar-refractivity contribution in [1.29, 1.82) is 0 Å². The fourth-order valence-corrected chi connectivity index (χ4v) is 5.75. The number of aliphatic carboxylic acids is 1. The molecule has 1 atom stereocenters. The Morgan fingerprint density at radius 1 is 1.54 bits per heavy atom. The molecule has 10 heteroatoms. The van der Waals surface area contributed by atoms with Crippen LogP contribution >= 0.6 is 35.1 Å². The molecule has 28 heavy (non-hydrogen) atoms. The third kappa shape index (κ3) is 3.31. The van der Waals surface area contributed by atoms with Crippen molar-refractivity contribution in [1.82, 2.24) is 15.0 Å². The van der Waals surface area contributed by atoms with Crippen molar-refractivity contribution in [3.63, 3.8) is 0 Å². The number of aromatic nitrogens is 3. The van der Waals surface area contributed by atoms with Gasteiger partial charge in [0.2, 0.25) is 0 Å². The predicted molar refractivity (Wildman–Crippen MR) is 112 cm³/mol. The number of nitrogens with zero attached hydrogens (tertiary/aromatic N) is 3. The maximum atomic E-state index is 11.8. The van der Waals surface area contributed by atoms with E-state index in [1.165, 1.54) is 23.5 Å². The van der Waals surface area contributed by atoms with Crippen molar-refractivity contribution < 1.29 is 14.7 Å². The number of anilines is 1. The first-order valence-electron chi connectivity index (χ1n) is 8.68. The maximum Gasteiger partial charge on any atom is 0.336 e. The van der Waals surface area contributed by atoms with Crippen LogP contribution in [-0.4, -0.2) is 49.5 Å². The standard InChI is InChI=1S/C18H17ClN4O3S2/c1-3-11-13(19)12-14(20-11)21-18(22-15(12)23-5-4-9(24)6-23)28-17-8(2)10(7-27-17)16(25)26/h7,17H,2-6H2,1H3,(H,25,26)(H,20,21,22). The lowest BCUT2D eigenvalue weighted by atomic mass is 10.2. The second-order valence-corrected chi connectivity index (χ2v) is 9.21. The Morgan fingerprint density at radius 3 is 2.93 bits per heavy atom. The Labute approximate surface area is 174 Å². The third-order valence-corrected chi connectivity index (χ3v) is 7.52. The molecule has 1 unspecified atom stereocenters. The maximum absolute atomic E-state index is 11.8. The first-order valence-corrected chi connectivity index (χ1v) is 10.9. The minimum atomic E-state index is -0.989. The van der Waals surface area contributed by atoms with Crippen molar-refractivity contribution in [2.24, 2.45) is 0 Å². The summed E-state index contributed by atoms with van der Waals surface area (Å²) in [4.78, 5) is 37.5. The van der Waals surface area contributed by atoms with E-state index in [9.17, 15) is 14.7 Å². The average molecular weight is 437 g/mol. The zero-order chi connectivity index (χ0) is 20.0. The molecule has 2 aromatic heterocycles. The third-order valence-electron chi connectivity index (χ3n) is 4.69. The summed E-state index contributed by atoms with van der Waals surface area (Å²) in [7, 11) is 0. The van der Waals surface area contributed by atoms with Crippen LogP contribution in [0.2, 0.25) is 5.02 Å². The predicted octanol–water partition coefficient (Wildman–Crippen LogP) is 3.64. The van der Waals surface area contributed by atoms with E-state index in [-0.39, 0.29) is 15.9 Å². The summed E-state index contributed by atoms with van der Waals surface area (Å²) in [6.07, 6.45) is 1.20. The number of H-pyrrole nitrogens is 1. The lowest BCUT2D eigenvalue weighted by Crippen LogP contribution is -2.21. The minimum Gasteiger partial charge on any atom is -0.478 e. The zero-order valence-electron chi connectivity index (χ0n) is 15.0. The lowest BCUT2D eigenvalue weighted by molar-refractivity contribution is -0.132. The van der Waals surface area contributed by atoms with E-state index in [1.54, 1.807) is 5.41 Å². The number of carboxylic acid groups (broad SMARTS) is 1. The number of aromatic amines is 1. The highest BCUT2D eigenvalue weighted by Crippen LogP contribution is 2.44. The van der Waals surface area contributed by atoms with Gasteiger partial charge in [-0.2, -0.15) is 0 Å². The van der Waals surface area contributed by atoms with E-state index in [1.807, 2.05) is 11.8 Å². The quantitative estimate of drug-likeness (QED) is 0.685. The van der Waals surface area contributed by atoms with E-state index in [0.717, 1.165) is 17.5 Å². The number of halogens is 1. The number of thioether (sulfide) groups is 2. The molecular weight excluding hydrogens is 420 g/mol. The number of carboxylic acids is 1. The second kappa shape index (κ2) is 7.46. The molecule has 0 aliphatic carbocycles. The van der Waals surface area contributed by atoms with Gasteiger partial charge >= 0.3 is 5.97 Å². The molecule has 2 aromatic rings. The number of rotatable bonds is 5. The molecule has 7 nitrogen and oxygen atoms in total. The Morgan fingerprint density at radius 2 is 2.32 bits per heavy atom. The number of aryl methyl sites for hydroxylation is 1. The van der Waals surface area contributed by atoms with Crippen molar-refractivity contribution in [3.05, 3.63) is 33.8 Å². The average Bonchev–Trinajstić information content (AvgIpc) is 3.33. The molecule has 2 aliphatic heterocycles. The van der Waals surface area contributed by atoms with E-state index in [2.05, 4.69) is 21.5 Å². The Kier molecular flexibility index (Phi) is 5.15. The number of carbonyl (C=O) groups is 2. The molecule has 2 N–H and O–H groups in total. The van der Waals surface area contributed by atoms with Crippen molar-refractivity contribution in [2.75, 3.05) is 18.0 Å². The molecule has 0 radical (unpaired) electrons. The summed E-state index contributed by atoms with van der Waals surface area (Å²) in [6.45, 7) is 6.80. The van der Waals surface area contributed by atoms with Crippen LogP contribution in [0.15, 0.2) is 28.3 Å². The van der Waals surface area contributed by atoms with Gasteiger partial charge in [0, 0.05) is 18.7 Å². The van der Waals surface area contributed by atoms with Gasteiger partial charge in [-0.1, -0.05) is 36.9 Å². The van der Waals surface area contributed by atoms with Gasteiger partial charge in [0.15, 0.2) is 10.9 Å². The lowest BCUT2D eigenvalue weighted by Gasteiger charge is -2.18. The summed E-state index contributed by atoms with van der Waals surface area (Å²) < 4.78 is -0.215. The molecule has 1 saturated heterocycles. The van der Waals surface area contributed by atoms with Gasteiger partial charge in [0.1, 0.15) is 11.5 Å². The first kappa shape index (κ1) is 19.4. The highest BCUT2D eigenvalue weighted by Gasteiger charge is 2.30. The molecule has 0 bridgehead atoms. The fourth-order valence-electron chi connectivity index (χ4n) is 3.20. The Balaban J connectivity index is 1.73. The molecule has 2 aliphatic rings. The van der Waals surface area contributed by atoms with E-state index < -0.39 is 5.97 Å². The summed E-state index contributed by atoms with van der Waals surface area (Å²) in [5, 5.41) is 12.6. The molecule has 1 fully saturated rings. The normalized spacial score (nSPS) is 19.7. The number of hydrogen-bond donors (Lipinski definition) is 2. The molecule has 0 saturated carbocycles. The van der Waals surface area contributed by atoms with Gasteiger partial charge in [-0.15, -0.1) is 11.8 Å². The van der Waals surface area contributed by atoms with Gasteiger partial charge in [-0.05, 0) is 17.4 Å². The summed E-state index contributed by atoms with van der Waals surface area (Å²) in [5.74, 6) is -0.185. The highest BCUT2D eigenvalue weighted by molar-refractivity contribution is 8.18. The van der Waals surface area contributed by atoms with Crippen LogP contribution < -0.4 is 4.90 Å². The monoisotopic (exact) mass is 436 g/mol. The van der Waals surface area contributed by atoms with E-state index in [4.69, 9.17) is 11.6 Å². The van der Waals surface area contributed by atoms with Gasteiger partial charge in [0.05, 0.1) is 27.1 Å². The number of fused-ring (bicyclic) bond motifs is 1. The van der Waals surface area contributed by atoms with Crippen LogP contribution in [0.25, 0.3) is 11.0 Å². The van der Waals surface area contributed by atoms with Crippen LogP contribution in [0.1, 0.15) is 19.0 Å². The van der Waals surface area contributed by atoms with Gasteiger partial charge in [0.25, 0.3) is 0 Å². The highest BCUT2D eigenvalue weighted by atomic mass is 35.5. The minimum absolute atomic E-state index is 0.165. The molecule has 4 rings (SSSR count). The molecular formula is C18H17ClN4O3S2. The number of hydrogen-bond acceptors (Lipinski definition) is 7. The van der Waals surface area contributed by atoms with Gasteiger partial charge in [-0.25, -0.2) is 14.8 Å². The summed E-state index contributed by atoms with van der Waals surface area (Å²) >= 11 is 9.27. The number of nitrogens with one attached hydrogen (secondary N) is 1. The van der Waals surface area contributed by atoms with E-state index >= 15 is 0 Å². The second-order valence-electron chi connectivity index (χ2n) is 6.48. The molecule has 0 amide bonds.